The van der Waals surface area contributed by atoms with Gasteiger partial charge >= 0.3 is 5.97 Å². The van der Waals surface area contributed by atoms with E-state index in [0.717, 1.165) is 23.5 Å². The number of aryl methyl sites for hydroxylation is 1. The first-order valence-corrected chi connectivity index (χ1v) is 8.89. The number of rotatable bonds is 8. The Morgan fingerprint density at radius 3 is 2.42 bits per heavy atom. The van der Waals surface area contributed by atoms with E-state index in [2.05, 4.69) is 18.9 Å². The fraction of sp³-hybridized carbons (Fsp3) is 0.450. The number of nitrogens with zero attached hydrogens (tertiary/aromatic N) is 3. The second kappa shape index (κ2) is 8.65. The molecule has 0 saturated carbocycles. The SMILES string of the molecule is Cc1nn(CC(C)C)c(C)c1CCC(=O)N(CC(=O)O)c1ccccc1. The summed E-state index contributed by atoms with van der Waals surface area (Å²) in [6, 6.07) is 8.92. The molecular formula is C20H27N3O3. The van der Waals surface area contributed by atoms with Crippen LogP contribution in [0.15, 0.2) is 30.3 Å². The molecule has 26 heavy (non-hydrogen) atoms. The first-order chi connectivity index (χ1) is 12.3. The number of carbonyl (C=O) groups excluding carboxylic acids is 1. The Labute approximate surface area is 154 Å². The van der Waals surface area contributed by atoms with Gasteiger partial charge < -0.3 is 10.0 Å². The second-order valence-electron chi connectivity index (χ2n) is 6.93. The summed E-state index contributed by atoms with van der Waals surface area (Å²) in [6.45, 7) is 8.76. The maximum Gasteiger partial charge on any atom is 0.323 e. The van der Waals surface area contributed by atoms with Gasteiger partial charge in [-0.25, -0.2) is 0 Å². The zero-order valence-electron chi connectivity index (χ0n) is 15.9. The van der Waals surface area contributed by atoms with Crippen molar-refractivity contribution in [2.24, 2.45) is 5.92 Å². The van der Waals surface area contributed by atoms with Gasteiger partial charge in [-0.3, -0.25) is 14.3 Å². The third-order valence-corrected chi connectivity index (χ3v) is 4.32. The van der Waals surface area contributed by atoms with Crippen LogP contribution in [-0.4, -0.2) is 33.3 Å². The number of carboxylic acid groups (broad SMARTS) is 1. The molecule has 0 atom stereocenters. The third kappa shape index (κ3) is 4.94. The number of aromatic nitrogens is 2. The Morgan fingerprint density at radius 1 is 1.19 bits per heavy atom. The van der Waals surface area contributed by atoms with Crippen LogP contribution in [0.25, 0.3) is 0 Å². The quantitative estimate of drug-likeness (QED) is 0.787. The molecule has 0 fully saturated rings. The summed E-state index contributed by atoms with van der Waals surface area (Å²) in [5.74, 6) is -0.736. The summed E-state index contributed by atoms with van der Waals surface area (Å²) < 4.78 is 1.99. The van der Waals surface area contributed by atoms with Crippen molar-refractivity contribution in [1.82, 2.24) is 9.78 Å². The lowest BCUT2D eigenvalue weighted by Gasteiger charge is -2.21. The maximum atomic E-state index is 12.7. The molecular weight excluding hydrogens is 330 g/mol. The Balaban J connectivity index is 2.13. The average molecular weight is 357 g/mol. The zero-order chi connectivity index (χ0) is 19.3. The largest absolute Gasteiger partial charge is 0.480 e. The number of amides is 1. The lowest BCUT2D eigenvalue weighted by molar-refractivity contribution is -0.136. The topological polar surface area (TPSA) is 75.4 Å². The van der Waals surface area contributed by atoms with Gasteiger partial charge in [-0.15, -0.1) is 0 Å². The van der Waals surface area contributed by atoms with Crippen molar-refractivity contribution < 1.29 is 14.7 Å². The van der Waals surface area contributed by atoms with Crippen LogP contribution in [0.4, 0.5) is 5.69 Å². The van der Waals surface area contributed by atoms with Gasteiger partial charge in [-0.05, 0) is 43.9 Å². The van der Waals surface area contributed by atoms with Gasteiger partial charge in [0.2, 0.25) is 5.91 Å². The highest BCUT2D eigenvalue weighted by Crippen LogP contribution is 2.19. The van der Waals surface area contributed by atoms with Crippen LogP contribution in [0, 0.1) is 19.8 Å². The van der Waals surface area contributed by atoms with Crippen LogP contribution in [0.5, 0.6) is 0 Å². The molecule has 0 radical (unpaired) electrons. The fourth-order valence-electron chi connectivity index (χ4n) is 3.05. The monoisotopic (exact) mass is 357 g/mol. The molecule has 6 nitrogen and oxygen atoms in total. The van der Waals surface area contributed by atoms with Crippen LogP contribution in [0.1, 0.15) is 37.2 Å². The number of anilines is 1. The van der Waals surface area contributed by atoms with Gasteiger partial charge in [-0.2, -0.15) is 5.10 Å². The summed E-state index contributed by atoms with van der Waals surface area (Å²) in [4.78, 5) is 25.2. The van der Waals surface area contributed by atoms with Crippen LogP contribution >= 0.6 is 0 Å². The van der Waals surface area contributed by atoms with Crippen molar-refractivity contribution in [3.63, 3.8) is 0 Å². The second-order valence-corrected chi connectivity index (χ2v) is 6.93. The van der Waals surface area contributed by atoms with E-state index in [1.165, 1.54) is 4.90 Å². The molecule has 0 aliphatic carbocycles. The first-order valence-electron chi connectivity index (χ1n) is 8.89. The molecule has 2 rings (SSSR count). The molecule has 0 saturated heterocycles. The summed E-state index contributed by atoms with van der Waals surface area (Å²) in [7, 11) is 0. The van der Waals surface area contributed by atoms with E-state index in [1.807, 2.05) is 24.6 Å². The van der Waals surface area contributed by atoms with E-state index in [0.29, 0.717) is 18.0 Å². The summed E-state index contributed by atoms with van der Waals surface area (Å²) >= 11 is 0. The number of benzene rings is 1. The Kier molecular flexibility index (Phi) is 6.55. The lowest BCUT2D eigenvalue weighted by atomic mass is 10.1. The van der Waals surface area contributed by atoms with Crippen LogP contribution in [0.3, 0.4) is 0 Å². The molecule has 1 heterocycles. The summed E-state index contributed by atoms with van der Waals surface area (Å²) in [6.07, 6.45) is 0.800. The van der Waals surface area contributed by atoms with Crippen molar-refractivity contribution in [2.75, 3.05) is 11.4 Å². The predicted molar refractivity (Wildman–Crippen MR) is 101 cm³/mol. The molecule has 0 spiro atoms. The van der Waals surface area contributed by atoms with E-state index < -0.39 is 5.97 Å². The highest BCUT2D eigenvalue weighted by Gasteiger charge is 2.20. The normalized spacial score (nSPS) is 11.0. The van der Waals surface area contributed by atoms with E-state index >= 15 is 0 Å². The molecule has 0 bridgehead atoms. The van der Waals surface area contributed by atoms with E-state index in [1.54, 1.807) is 24.3 Å². The average Bonchev–Trinajstić information content (AvgIpc) is 2.84. The Hall–Kier alpha value is -2.63. The molecule has 1 N–H and O–H groups in total. The minimum Gasteiger partial charge on any atom is -0.480 e. The highest BCUT2D eigenvalue weighted by atomic mass is 16.4. The molecule has 2 aromatic rings. The molecule has 0 aliphatic heterocycles. The minimum absolute atomic E-state index is 0.200. The predicted octanol–water partition coefficient (Wildman–Crippen LogP) is 3.21. The maximum absolute atomic E-state index is 12.7. The highest BCUT2D eigenvalue weighted by molar-refractivity contribution is 5.97. The zero-order valence-corrected chi connectivity index (χ0v) is 15.9. The molecule has 1 aromatic heterocycles. The van der Waals surface area contributed by atoms with Gasteiger partial charge in [0.05, 0.1) is 5.69 Å². The Morgan fingerprint density at radius 2 is 1.85 bits per heavy atom. The van der Waals surface area contributed by atoms with Crippen LogP contribution in [-0.2, 0) is 22.6 Å². The molecule has 0 aliphatic rings. The number of carbonyl (C=O) groups is 2. The van der Waals surface area contributed by atoms with Gasteiger partial charge in [0.15, 0.2) is 0 Å². The van der Waals surface area contributed by atoms with E-state index in [4.69, 9.17) is 5.11 Å². The van der Waals surface area contributed by atoms with Gasteiger partial charge in [-0.1, -0.05) is 32.0 Å². The van der Waals surface area contributed by atoms with E-state index in [9.17, 15) is 9.59 Å². The van der Waals surface area contributed by atoms with E-state index in [-0.39, 0.29) is 18.9 Å². The van der Waals surface area contributed by atoms with Gasteiger partial charge in [0, 0.05) is 24.3 Å². The minimum atomic E-state index is -1.03. The van der Waals surface area contributed by atoms with Crippen molar-refractivity contribution in [2.45, 2.75) is 47.1 Å². The standard InChI is InChI=1S/C20H27N3O3/c1-14(2)12-23-16(4)18(15(3)21-23)10-11-19(24)22(13-20(25)26)17-8-6-5-7-9-17/h5-9,14H,10-13H2,1-4H3,(H,25,26). The van der Waals surface area contributed by atoms with Crippen LogP contribution < -0.4 is 4.90 Å². The number of para-hydroxylation sites is 1. The number of carboxylic acids is 1. The fourth-order valence-corrected chi connectivity index (χ4v) is 3.05. The van der Waals surface area contributed by atoms with Crippen LogP contribution in [0.2, 0.25) is 0 Å². The Bertz CT molecular complexity index is 766. The van der Waals surface area contributed by atoms with Crippen molar-refractivity contribution in [3.8, 4) is 0 Å². The summed E-state index contributed by atoms with van der Waals surface area (Å²) in [5, 5.41) is 13.7. The van der Waals surface area contributed by atoms with Gasteiger partial charge in [0.1, 0.15) is 6.54 Å². The summed E-state index contributed by atoms with van der Waals surface area (Å²) in [5.41, 5.74) is 3.68. The third-order valence-electron chi connectivity index (χ3n) is 4.32. The first kappa shape index (κ1) is 19.7. The molecule has 6 heteroatoms. The molecule has 0 unspecified atom stereocenters. The molecule has 1 amide bonds. The number of hydrogen-bond acceptors (Lipinski definition) is 3. The number of aliphatic carboxylic acids is 1. The molecule has 140 valence electrons. The van der Waals surface area contributed by atoms with Crippen molar-refractivity contribution in [3.05, 3.63) is 47.3 Å². The van der Waals surface area contributed by atoms with Gasteiger partial charge in [0.25, 0.3) is 0 Å². The molecule has 1 aromatic carbocycles. The number of hydrogen-bond donors (Lipinski definition) is 1. The van der Waals surface area contributed by atoms with Crippen molar-refractivity contribution in [1.29, 1.82) is 0 Å². The smallest absolute Gasteiger partial charge is 0.323 e. The lowest BCUT2D eigenvalue weighted by Crippen LogP contribution is -2.35. The van der Waals surface area contributed by atoms with Crippen molar-refractivity contribution >= 4 is 17.6 Å².